The van der Waals surface area contributed by atoms with Crippen LogP contribution in [0.1, 0.15) is 58.5 Å². The van der Waals surface area contributed by atoms with Crippen LogP contribution in [0.2, 0.25) is 0 Å². The summed E-state index contributed by atoms with van der Waals surface area (Å²) in [5.41, 5.74) is 6.15. The van der Waals surface area contributed by atoms with E-state index in [0.29, 0.717) is 16.5 Å². The summed E-state index contributed by atoms with van der Waals surface area (Å²) < 4.78 is 4.90. The summed E-state index contributed by atoms with van der Waals surface area (Å²) in [6.07, 6.45) is 6.81. The van der Waals surface area contributed by atoms with Crippen LogP contribution in [0.15, 0.2) is 16.7 Å². The monoisotopic (exact) mass is 450 g/mol. The van der Waals surface area contributed by atoms with Gasteiger partial charge in [0.15, 0.2) is 5.82 Å². The van der Waals surface area contributed by atoms with E-state index in [-0.39, 0.29) is 23.5 Å². The maximum atomic E-state index is 12.4. The summed E-state index contributed by atoms with van der Waals surface area (Å²) in [4.78, 5) is 38.5. The molecule has 1 unspecified atom stereocenters. The van der Waals surface area contributed by atoms with Crippen LogP contribution in [-0.4, -0.2) is 33.9 Å². The number of rotatable bonds is 6. The average Bonchev–Trinajstić information content (AvgIpc) is 3.29. The van der Waals surface area contributed by atoms with Gasteiger partial charge in [-0.1, -0.05) is 18.0 Å². The zero-order chi connectivity index (χ0) is 21.5. The van der Waals surface area contributed by atoms with E-state index in [9.17, 15) is 14.4 Å². The number of hydrazine groups is 1. The van der Waals surface area contributed by atoms with Crippen LogP contribution in [0.4, 0.5) is 5.82 Å². The second-order valence-corrected chi connectivity index (χ2v) is 9.71. The summed E-state index contributed by atoms with van der Waals surface area (Å²) in [7, 11) is 0. The van der Waals surface area contributed by atoms with Crippen molar-refractivity contribution in [2.75, 3.05) is 11.1 Å². The first kappa shape index (κ1) is 22.4. The van der Waals surface area contributed by atoms with Gasteiger partial charge in [0.1, 0.15) is 5.76 Å². The lowest BCUT2D eigenvalue weighted by molar-refractivity contribution is -0.119. The Hall–Kier alpha value is -2.33. The molecule has 0 saturated carbocycles. The van der Waals surface area contributed by atoms with Gasteiger partial charge in [-0.05, 0) is 51.2 Å². The molecule has 3 amide bonds. The normalized spacial score (nSPS) is 14.7. The highest BCUT2D eigenvalue weighted by molar-refractivity contribution is 8.01. The lowest BCUT2D eigenvalue weighted by Crippen LogP contribution is -2.42. The first-order valence-electron chi connectivity index (χ1n) is 9.99. The number of hydrogen-bond acceptors (Lipinski definition) is 7. The van der Waals surface area contributed by atoms with Gasteiger partial charge in [-0.25, -0.2) is 0 Å². The molecule has 8 nitrogen and oxygen atoms in total. The van der Waals surface area contributed by atoms with Crippen molar-refractivity contribution in [1.82, 2.24) is 16.0 Å². The predicted octanol–water partition coefficient (Wildman–Crippen LogP) is 3.22. The SMILES string of the molecule is Cc1cc(NC(=O)C(C)SCC(=O)NNC(=O)c2cc3c(s2)CCCCCC3)no1. The number of aromatic nitrogens is 1. The fourth-order valence-corrected chi connectivity index (χ4v) is 4.94. The third-order valence-electron chi connectivity index (χ3n) is 4.75. The van der Waals surface area contributed by atoms with Gasteiger partial charge in [0.2, 0.25) is 11.8 Å². The first-order chi connectivity index (χ1) is 14.4. The predicted molar refractivity (Wildman–Crippen MR) is 118 cm³/mol. The minimum atomic E-state index is -0.472. The van der Waals surface area contributed by atoms with Crippen molar-refractivity contribution in [3.8, 4) is 0 Å². The quantitative estimate of drug-likeness (QED) is 0.583. The highest BCUT2D eigenvalue weighted by atomic mass is 32.2. The van der Waals surface area contributed by atoms with Gasteiger partial charge in [-0.15, -0.1) is 23.1 Å². The number of anilines is 1. The van der Waals surface area contributed by atoms with Gasteiger partial charge in [0, 0.05) is 10.9 Å². The van der Waals surface area contributed by atoms with E-state index < -0.39 is 5.25 Å². The van der Waals surface area contributed by atoms with Crippen LogP contribution >= 0.6 is 23.1 Å². The van der Waals surface area contributed by atoms with Crippen molar-refractivity contribution in [2.45, 2.75) is 57.6 Å². The molecular formula is C20H26N4O4S2. The zero-order valence-electron chi connectivity index (χ0n) is 17.1. The molecule has 1 aliphatic carbocycles. The second kappa shape index (κ2) is 10.6. The molecule has 30 heavy (non-hydrogen) atoms. The van der Waals surface area contributed by atoms with Crippen molar-refractivity contribution in [3.05, 3.63) is 33.2 Å². The summed E-state index contributed by atoms with van der Waals surface area (Å²) in [5, 5.41) is 5.86. The topological polar surface area (TPSA) is 113 Å². The van der Waals surface area contributed by atoms with E-state index in [0.717, 1.165) is 37.4 Å². The van der Waals surface area contributed by atoms with Gasteiger partial charge in [-0.3, -0.25) is 25.2 Å². The first-order valence-corrected chi connectivity index (χ1v) is 11.9. The molecule has 3 rings (SSSR count). The molecular weight excluding hydrogens is 424 g/mol. The lowest BCUT2D eigenvalue weighted by atomic mass is 10.00. The Morgan fingerprint density at radius 2 is 1.93 bits per heavy atom. The van der Waals surface area contributed by atoms with Crippen LogP contribution in [0.5, 0.6) is 0 Å². The van der Waals surface area contributed by atoms with E-state index in [1.807, 2.05) is 6.07 Å². The molecule has 0 bridgehead atoms. The van der Waals surface area contributed by atoms with Crippen molar-refractivity contribution in [1.29, 1.82) is 0 Å². The largest absolute Gasteiger partial charge is 0.360 e. The summed E-state index contributed by atoms with van der Waals surface area (Å²) in [6, 6.07) is 3.56. The van der Waals surface area contributed by atoms with Crippen molar-refractivity contribution in [3.63, 3.8) is 0 Å². The molecule has 2 aromatic heterocycles. The fraction of sp³-hybridized carbons (Fsp3) is 0.500. The molecule has 0 fully saturated rings. The summed E-state index contributed by atoms with van der Waals surface area (Å²) in [5.74, 6) is 0.0111. The molecule has 0 saturated heterocycles. The van der Waals surface area contributed by atoms with Crippen LogP contribution in [0, 0.1) is 6.92 Å². The van der Waals surface area contributed by atoms with E-state index in [2.05, 4.69) is 21.3 Å². The molecule has 0 aromatic carbocycles. The Balaban J connectivity index is 1.41. The smallest absolute Gasteiger partial charge is 0.279 e. The second-order valence-electron chi connectivity index (χ2n) is 7.24. The molecule has 162 valence electrons. The number of hydrogen-bond donors (Lipinski definition) is 3. The Labute approximate surface area is 183 Å². The molecule has 10 heteroatoms. The number of carbonyl (C=O) groups is 3. The lowest BCUT2D eigenvalue weighted by Gasteiger charge is -2.10. The van der Waals surface area contributed by atoms with Gasteiger partial charge in [0.25, 0.3) is 5.91 Å². The highest BCUT2D eigenvalue weighted by Crippen LogP contribution is 2.28. The molecule has 1 aliphatic rings. The number of amides is 3. The van der Waals surface area contributed by atoms with E-state index in [1.54, 1.807) is 19.9 Å². The molecule has 1 atom stereocenters. The van der Waals surface area contributed by atoms with Crippen molar-refractivity contribution in [2.24, 2.45) is 0 Å². The Kier molecular flexibility index (Phi) is 7.92. The van der Waals surface area contributed by atoms with E-state index >= 15 is 0 Å². The highest BCUT2D eigenvalue weighted by Gasteiger charge is 2.19. The maximum absolute atomic E-state index is 12.4. The number of carbonyl (C=O) groups excluding carboxylic acids is 3. The number of nitrogens with one attached hydrogen (secondary N) is 3. The van der Waals surface area contributed by atoms with Crippen molar-refractivity contribution >= 4 is 46.6 Å². The van der Waals surface area contributed by atoms with Gasteiger partial charge in [0.05, 0.1) is 15.9 Å². The minimum absolute atomic E-state index is 0.0354. The molecule has 3 N–H and O–H groups in total. The van der Waals surface area contributed by atoms with Crippen LogP contribution in [-0.2, 0) is 22.4 Å². The maximum Gasteiger partial charge on any atom is 0.279 e. The summed E-state index contributed by atoms with van der Waals surface area (Å²) in [6.45, 7) is 3.42. The Morgan fingerprint density at radius 3 is 2.67 bits per heavy atom. The molecule has 2 aromatic rings. The third-order valence-corrected chi connectivity index (χ3v) is 7.13. The molecule has 0 spiro atoms. The molecule has 0 aliphatic heterocycles. The van der Waals surface area contributed by atoms with Crippen LogP contribution < -0.4 is 16.2 Å². The Morgan fingerprint density at radius 1 is 1.17 bits per heavy atom. The van der Waals surface area contributed by atoms with E-state index in [1.165, 1.54) is 34.6 Å². The number of nitrogens with zero attached hydrogens (tertiary/aromatic N) is 1. The van der Waals surface area contributed by atoms with E-state index in [4.69, 9.17) is 4.52 Å². The Bertz CT molecular complexity index is 883. The molecule has 2 heterocycles. The van der Waals surface area contributed by atoms with Crippen LogP contribution in [0.25, 0.3) is 0 Å². The number of fused-ring (bicyclic) bond motifs is 1. The summed E-state index contributed by atoms with van der Waals surface area (Å²) >= 11 is 2.67. The fourth-order valence-electron chi connectivity index (χ4n) is 3.11. The number of aryl methyl sites for hydroxylation is 3. The van der Waals surface area contributed by atoms with Crippen LogP contribution in [0.3, 0.4) is 0 Å². The third kappa shape index (κ3) is 6.33. The minimum Gasteiger partial charge on any atom is -0.360 e. The number of thiophene rings is 1. The number of thioether (sulfide) groups is 1. The standard InChI is InChI=1S/C20H26N4O4S2/c1-12-9-17(24-28-12)21-19(26)13(2)29-11-18(25)22-23-20(27)16-10-14-7-5-3-4-6-8-15(14)30-16/h9-10,13H,3-8,11H2,1-2H3,(H,22,25)(H,23,27)(H,21,24,26). The van der Waals surface area contributed by atoms with Gasteiger partial charge < -0.3 is 9.84 Å². The van der Waals surface area contributed by atoms with Gasteiger partial charge in [-0.2, -0.15) is 0 Å². The van der Waals surface area contributed by atoms with Gasteiger partial charge >= 0.3 is 0 Å². The molecule has 0 radical (unpaired) electrons. The average molecular weight is 451 g/mol. The van der Waals surface area contributed by atoms with Crippen molar-refractivity contribution < 1.29 is 18.9 Å². The zero-order valence-corrected chi connectivity index (χ0v) is 18.7.